The Kier molecular flexibility index (Phi) is 7.93. The van der Waals surface area contributed by atoms with Gasteiger partial charge in [0, 0.05) is 30.7 Å². The van der Waals surface area contributed by atoms with E-state index >= 15 is 0 Å². The quantitative estimate of drug-likeness (QED) is 0.358. The van der Waals surface area contributed by atoms with E-state index in [-0.39, 0.29) is 24.2 Å². The Balaban J connectivity index is 1.93. The Bertz CT molecular complexity index is 1010. The highest BCUT2D eigenvalue weighted by Gasteiger charge is 2.16. The van der Waals surface area contributed by atoms with Crippen molar-refractivity contribution in [3.8, 4) is 23.1 Å². The summed E-state index contributed by atoms with van der Waals surface area (Å²) in [7, 11) is 1.59. The third-order valence-electron chi connectivity index (χ3n) is 4.00. The maximum absolute atomic E-state index is 11.7. The van der Waals surface area contributed by atoms with Crippen LogP contribution < -0.4 is 10.1 Å². The molecule has 10 heteroatoms. The normalized spacial score (nSPS) is 10.8. The second-order valence-corrected chi connectivity index (χ2v) is 7.33. The molecule has 0 saturated heterocycles. The van der Waals surface area contributed by atoms with E-state index in [1.807, 2.05) is 12.1 Å². The molecule has 0 atom stereocenters. The van der Waals surface area contributed by atoms with Crippen molar-refractivity contribution in [2.75, 3.05) is 31.5 Å². The molecule has 0 spiro atoms. The van der Waals surface area contributed by atoms with Crippen LogP contribution in [0, 0.1) is 0 Å². The van der Waals surface area contributed by atoms with Crippen molar-refractivity contribution >= 4 is 46.4 Å². The molecule has 0 fully saturated rings. The number of benzene rings is 2. The number of hydrogen-bond donors (Lipinski definition) is 1. The minimum Gasteiger partial charge on any atom is -0.460 e. The summed E-state index contributed by atoms with van der Waals surface area (Å²) < 4.78 is 12.2. The van der Waals surface area contributed by atoms with E-state index in [0.717, 1.165) is 11.3 Å². The summed E-state index contributed by atoms with van der Waals surface area (Å²) in [5.74, 6) is 0.644. The fraction of sp³-hybridized carbons (Fsp3) is 0.250. The molecule has 0 aliphatic carbocycles. The summed E-state index contributed by atoms with van der Waals surface area (Å²) >= 11 is 17.8. The van der Waals surface area contributed by atoms with Gasteiger partial charge in [-0.05, 0) is 42.5 Å². The van der Waals surface area contributed by atoms with Crippen LogP contribution in [0.25, 0.3) is 17.1 Å². The largest absolute Gasteiger partial charge is 0.460 e. The van der Waals surface area contributed by atoms with E-state index in [1.54, 1.807) is 42.1 Å². The lowest BCUT2D eigenvalue weighted by Crippen LogP contribution is -2.11. The van der Waals surface area contributed by atoms with Crippen LogP contribution in [0.4, 0.5) is 5.69 Å². The molecule has 0 bridgehead atoms. The Morgan fingerprint density at radius 3 is 2.53 bits per heavy atom. The SMILES string of the molecule is COCCOc1nc(-c2ccc(Cl)c(Cl)c2)n(-c2ccc(NC(=O)CCCl)cc2)n1. The van der Waals surface area contributed by atoms with Crippen molar-refractivity contribution in [2.24, 2.45) is 0 Å². The van der Waals surface area contributed by atoms with E-state index < -0.39 is 0 Å². The predicted octanol–water partition coefficient (Wildman–Crippen LogP) is 4.83. The number of carbonyl (C=O) groups is 1. The summed E-state index contributed by atoms with van der Waals surface area (Å²) in [5, 5.41) is 8.08. The first kappa shape index (κ1) is 22.4. The number of nitrogens with one attached hydrogen (secondary N) is 1. The van der Waals surface area contributed by atoms with Crippen LogP contribution in [0.15, 0.2) is 42.5 Å². The van der Waals surface area contributed by atoms with Crippen LogP contribution in [-0.4, -0.2) is 46.9 Å². The number of methoxy groups -OCH3 is 1. The highest BCUT2D eigenvalue weighted by Crippen LogP contribution is 2.30. The average Bonchev–Trinajstić information content (AvgIpc) is 3.15. The monoisotopic (exact) mass is 468 g/mol. The molecule has 0 unspecified atom stereocenters. The number of aromatic nitrogens is 3. The molecular formula is C20H19Cl3N4O3. The molecule has 0 aliphatic heterocycles. The molecule has 0 saturated carbocycles. The first-order valence-electron chi connectivity index (χ1n) is 9.02. The van der Waals surface area contributed by atoms with Crippen molar-refractivity contribution in [2.45, 2.75) is 6.42 Å². The van der Waals surface area contributed by atoms with Gasteiger partial charge in [0.15, 0.2) is 5.82 Å². The number of rotatable bonds is 9. The maximum atomic E-state index is 11.7. The Morgan fingerprint density at radius 2 is 1.87 bits per heavy atom. The lowest BCUT2D eigenvalue weighted by Gasteiger charge is -2.08. The highest BCUT2D eigenvalue weighted by atomic mass is 35.5. The zero-order valence-corrected chi connectivity index (χ0v) is 18.3. The molecule has 3 rings (SSSR count). The molecule has 158 valence electrons. The van der Waals surface area contributed by atoms with Crippen LogP contribution in [0.2, 0.25) is 10.0 Å². The Morgan fingerprint density at radius 1 is 1.10 bits per heavy atom. The number of amides is 1. The van der Waals surface area contributed by atoms with Gasteiger partial charge >= 0.3 is 6.01 Å². The van der Waals surface area contributed by atoms with Crippen LogP contribution in [0.5, 0.6) is 6.01 Å². The molecule has 0 aliphatic rings. The number of carbonyl (C=O) groups excluding carboxylic acids is 1. The number of nitrogens with zero attached hydrogens (tertiary/aromatic N) is 3. The van der Waals surface area contributed by atoms with Crippen molar-refractivity contribution < 1.29 is 14.3 Å². The second kappa shape index (κ2) is 10.6. The molecule has 30 heavy (non-hydrogen) atoms. The van der Waals surface area contributed by atoms with Crippen molar-refractivity contribution in [1.82, 2.24) is 14.8 Å². The van der Waals surface area contributed by atoms with Crippen LogP contribution >= 0.6 is 34.8 Å². The fourth-order valence-electron chi connectivity index (χ4n) is 2.57. The predicted molar refractivity (Wildman–Crippen MR) is 118 cm³/mol. The zero-order valence-electron chi connectivity index (χ0n) is 16.1. The summed E-state index contributed by atoms with van der Waals surface area (Å²) in [6.07, 6.45) is 0.246. The Labute approximate surface area is 188 Å². The van der Waals surface area contributed by atoms with Gasteiger partial charge in [0.2, 0.25) is 5.91 Å². The number of halogens is 3. The highest BCUT2D eigenvalue weighted by molar-refractivity contribution is 6.42. The lowest BCUT2D eigenvalue weighted by atomic mass is 10.2. The standard InChI is InChI=1S/C20H19Cl3N4O3/c1-29-10-11-30-20-25-19(13-2-7-16(22)17(23)12-13)27(26-20)15-5-3-14(4-6-15)24-18(28)8-9-21/h2-7,12H,8-11H2,1H3,(H,24,28). The van der Waals surface area contributed by atoms with Gasteiger partial charge < -0.3 is 14.8 Å². The summed E-state index contributed by atoms with van der Waals surface area (Å²) in [6, 6.07) is 12.6. The van der Waals surface area contributed by atoms with Crippen molar-refractivity contribution in [3.63, 3.8) is 0 Å². The van der Waals surface area contributed by atoms with Gasteiger partial charge in [0.1, 0.15) is 6.61 Å². The summed E-state index contributed by atoms with van der Waals surface area (Å²) in [4.78, 5) is 16.2. The van der Waals surface area contributed by atoms with Gasteiger partial charge in [-0.15, -0.1) is 16.7 Å². The lowest BCUT2D eigenvalue weighted by molar-refractivity contribution is -0.115. The molecule has 1 N–H and O–H groups in total. The van der Waals surface area contributed by atoms with Gasteiger partial charge in [0.25, 0.3) is 0 Å². The van der Waals surface area contributed by atoms with Gasteiger partial charge in [0.05, 0.1) is 22.3 Å². The fourth-order valence-corrected chi connectivity index (χ4v) is 3.04. The smallest absolute Gasteiger partial charge is 0.336 e. The molecule has 3 aromatic rings. The number of alkyl halides is 1. The summed E-state index contributed by atoms with van der Waals surface area (Å²) in [5.41, 5.74) is 2.10. The van der Waals surface area contributed by atoms with Gasteiger partial charge in [-0.2, -0.15) is 4.98 Å². The minimum atomic E-state index is -0.149. The van der Waals surface area contributed by atoms with Crippen LogP contribution in [0.3, 0.4) is 0 Å². The second-order valence-electron chi connectivity index (χ2n) is 6.13. The number of hydrogen-bond acceptors (Lipinski definition) is 5. The molecule has 1 amide bonds. The van der Waals surface area contributed by atoms with Gasteiger partial charge in [-0.1, -0.05) is 23.2 Å². The summed E-state index contributed by atoms with van der Waals surface area (Å²) in [6.45, 7) is 0.722. The van der Waals surface area contributed by atoms with Gasteiger partial charge in [-0.25, -0.2) is 4.68 Å². The first-order valence-corrected chi connectivity index (χ1v) is 10.3. The molecule has 1 heterocycles. The third kappa shape index (κ3) is 5.64. The number of anilines is 1. The molecule has 2 aromatic carbocycles. The van der Waals surface area contributed by atoms with E-state index in [2.05, 4.69) is 15.4 Å². The van der Waals surface area contributed by atoms with Crippen molar-refractivity contribution in [3.05, 3.63) is 52.5 Å². The zero-order chi connectivity index (χ0) is 21.5. The number of ether oxygens (including phenoxy) is 2. The topological polar surface area (TPSA) is 78.3 Å². The average molecular weight is 470 g/mol. The van der Waals surface area contributed by atoms with E-state index in [1.165, 1.54) is 0 Å². The van der Waals surface area contributed by atoms with E-state index in [0.29, 0.717) is 34.8 Å². The first-order chi connectivity index (χ1) is 14.5. The maximum Gasteiger partial charge on any atom is 0.336 e. The Hall–Kier alpha value is -2.32. The van der Waals surface area contributed by atoms with Crippen LogP contribution in [-0.2, 0) is 9.53 Å². The van der Waals surface area contributed by atoms with Gasteiger partial charge in [-0.3, -0.25) is 4.79 Å². The molecule has 7 nitrogen and oxygen atoms in total. The molecule has 1 aromatic heterocycles. The van der Waals surface area contributed by atoms with Crippen molar-refractivity contribution in [1.29, 1.82) is 0 Å². The molecule has 0 radical (unpaired) electrons. The molecular weight excluding hydrogens is 451 g/mol. The third-order valence-corrected chi connectivity index (χ3v) is 4.93. The minimum absolute atomic E-state index is 0.149. The van der Waals surface area contributed by atoms with Crippen LogP contribution in [0.1, 0.15) is 6.42 Å². The van der Waals surface area contributed by atoms with E-state index in [4.69, 9.17) is 44.3 Å². The van der Waals surface area contributed by atoms with E-state index in [9.17, 15) is 4.79 Å².